The molecule has 0 bridgehead atoms. The van der Waals surface area contributed by atoms with Crippen LogP contribution in [0.5, 0.6) is 5.75 Å². The van der Waals surface area contributed by atoms with Gasteiger partial charge in [-0.2, -0.15) is 9.78 Å². The Labute approximate surface area is 211 Å². The van der Waals surface area contributed by atoms with Crippen molar-refractivity contribution in [3.05, 3.63) is 125 Å². The van der Waals surface area contributed by atoms with Crippen LogP contribution in [0, 0.1) is 5.82 Å². The van der Waals surface area contributed by atoms with E-state index in [0.29, 0.717) is 28.0 Å². The van der Waals surface area contributed by atoms with Crippen molar-refractivity contribution >= 4 is 28.7 Å². The summed E-state index contributed by atoms with van der Waals surface area (Å²) in [6.45, 7) is -0.341. The second-order valence-corrected chi connectivity index (χ2v) is 8.03. The number of hydrogen-bond acceptors (Lipinski definition) is 5. The van der Waals surface area contributed by atoms with E-state index >= 15 is 0 Å². The molecule has 0 saturated carbocycles. The zero-order chi connectivity index (χ0) is 25.6. The number of amides is 1. The summed E-state index contributed by atoms with van der Waals surface area (Å²) >= 11 is 0. The van der Waals surface area contributed by atoms with Crippen LogP contribution >= 0.6 is 0 Å². The van der Waals surface area contributed by atoms with Gasteiger partial charge in [-0.15, -0.1) is 0 Å². The molecule has 0 radical (unpaired) electrons. The normalized spacial score (nSPS) is 11.1. The van der Waals surface area contributed by atoms with Crippen LogP contribution < -0.4 is 15.6 Å². The predicted molar refractivity (Wildman–Crippen MR) is 141 cm³/mol. The highest BCUT2D eigenvalue weighted by atomic mass is 19.1. The van der Waals surface area contributed by atoms with E-state index in [1.807, 2.05) is 36.4 Å². The lowest BCUT2D eigenvalue weighted by Gasteiger charge is -2.11. The summed E-state index contributed by atoms with van der Waals surface area (Å²) in [5, 5.41) is 7.38. The Balaban J connectivity index is 1.44. The van der Waals surface area contributed by atoms with Crippen LogP contribution in [0.2, 0.25) is 0 Å². The number of aromatic nitrogens is 2. The maximum atomic E-state index is 13.8. The van der Waals surface area contributed by atoms with E-state index in [9.17, 15) is 14.0 Å². The average molecular weight is 493 g/mol. The maximum absolute atomic E-state index is 13.8. The minimum atomic E-state index is -0.535. The Hall–Kier alpha value is -5.11. The Bertz CT molecular complexity index is 1670. The van der Waals surface area contributed by atoms with Crippen molar-refractivity contribution in [1.82, 2.24) is 9.66 Å². The first-order valence-electron chi connectivity index (χ1n) is 11.5. The molecule has 0 fully saturated rings. The summed E-state index contributed by atoms with van der Waals surface area (Å²) in [6.07, 6.45) is 1.48. The number of nitrogens with zero attached hydrogens (tertiary/aromatic N) is 3. The average Bonchev–Trinajstić information content (AvgIpc) is 2.93. The van der Waals surface area contributed by atoms with Crippen molar-refractivity contribution < 1.29 is 13.9 Å². The smallest absolute Gasteiger partial charge is 0.282 e. The molecule has 1 N–H and O–H groups in total. The molecule has 0 unspecified atom stereocenters. The molecule has 37 heavy (non-hydrogen) atoms. The summed E-state index contributed by atoms with van der Waals surface area (Å²) in [5.74, 6) is -0.286. The topological polar surface area (TPSA) is 85.6 Å². The van der Waals surface area contributed by atoms with Gasteiger partial charge in [0.15, 0.2) is 12.4 Å². The molecule has 7 nitrogen and oxygen atoms in total. The molecule has 4 aromatic carbocycles. The molecule has 0 aliphatic rings. The van der Waals surface area contributed by atoms with E-state index in [1.54, 1.807) is 48.5 Å². The lowest BCUT2D eigenvalue weighted by Crippen LogP contribution is -2.21. The molecule has 5 rings (SSSR count). The quantitative estimate of drug-likeness (QED) is 0.320. The van der Waals surface area contributed by atoms with Gasteiger partial charge in [-0.3, -0.25) is 9.59 Å². The lowest BCUT2D eigenvalue weighted by molar-refractivity contribution is -0.118. The van der Waals surface area contributed by atoms with Crippen LogP contribution in [0.3, 0.4) is 0 Å². The molecule has 0 aliphatic heterocycles. The highest BCUT2D eigenvalue weighted by molar-refractivity contribution is 5.92. The van der Waals surface area contributed by atoms with Gasteiger partial charge in [0.2, 0.25) is 0 Å². The third-order valence-corrected chi connectivity index (χ3v) is 5.52. The van der Waals surface area contributed by atoms with Crippen LogP contribution in [0.25, 0.3) is 22.3 Å². The first-order chi connectivity index (χ1) is 18.1. The second-order valence-electron chi connectivity index (χ2n) is 8.03. The van der Waals surface area contributed by atoms with Crippen LogP contribution in [-0.4, -0.2) is 28.4 Å². The summed E-state index contributed by atoms with van der Waals surface area (Å²) in [5.41, 5.74) is 1.60. The van der Waals surface area contributed by atoms with Crippen molar-refractivity contribution in [3.8, 4) is 17.1 Å². The highest BCUT2D eigenvalue weighted by Crippen LogP contribution is 2.20. The Morgan fingerprint density at radius 2 is 1.62 bits per heavy atom. The van der Waals surface area contributed by atoms with Crippen molar-refractivity contribution in [3.63, 3.8) is 0 Å². The molecule has 1 aromatic heterocycles. The summed E-state index contributed by atoms with van der Waals surface area (Å²) < 4.78 is 20.8. The summed E-state index contributed by atoms with van der Waals surface area (Å²) in [4.78, 5) is 30.3. The third-order valence-electron chi connectivity index (χ3n) is 5.52. The van der Waals surface area contributed by atoms with Gasteiger partial charge in [0.1, 0.15) is 11.6 Å². The number of para-hydroxylation sites is 3. The van der Waals surface area contributed by atoms with E-state index in [0.717, 1.165) is 5.56 Å². The molecular weight excluding hydrogens is 471 g/mol. The van der Waals surface area contributed by atoms with Gasteiger partial charge in [0.25, 0.3) is 11.5 Å². The van der Waals surface area contributed by atoms with Gasteiger partial charge >= 0.3 is 0 Å². The van der Waals surface area contributed by atoms with E-state index in [2.05, 4.69) is 15.4 Å². The molecule has 0 aliphatic carbocycles. The number of carbonyl (C=O) groups excluding carboxylic acids is 1. The van der Waals surface area contributed by atoms with Gasteiger partial charge in [-0.05, 0) is 36.4 Å². The number of benzene rings is 4. The first kappa shape index (κ1) is 23.6. The molecule has 182 valence electrons. The summed E-state index contributed by atoms with van der Waals surface area (Å²) in [6, 6.07) is 29.3. The van der Waals surface area contributed by atoms with Crippen molar-refractivity contribution in [2.45, 2.75) is 0 Å². The molecule has 1 heterocycles. The molecule has 1 amide bonds. The number of carbonyl (C=O) groups is 1. The SMILES string of the molecule is O=C(COc1ccccc1C=Nn1c(-c2ccccc2)nc2ccccc2c1=O)Nc1ccccc1F. The number of rotatable bonds is 7. The Morgan fingerprint density at radius 1 is 0.919 bits per heavy atom. The molecule has 0 spiro atoms. The number of fused-ring (bicyclic) bond motifs is 1. The monoisotopic (exact) mass is 492 g/mol. The van der Waals surface area contributed by atoms with Crippen LogP contribution in [-0.2, 0) is 4.79 Å². The zero-order valence-corrected chi connectivity index (χ0v) is 19.5. The van der Waals surface area contributed by atoms with E-state index < -0.39 is 11.7 Å². The number of nitrogens with one attached hydrogen (secondary N) is 1. The van der Waals surface area contributed by atoms with Crippen LogP contribution in [0.15, 0.2) is 113 Å². The number of hydrogen-bond donors (Lipinski definition) is 1. The molecule has 0 atom stereocenters. The fraction of sp³-hybridized carbons (Fsp3) is 0.0345. The maximum Gasteiger partial charge on any atom is 0.282 e. The van der Waals surface area contributed by atoms with Crippen molar-refractivity contribution in [1.29, 1.82) is 0 Å². The second kappa shape index (κ2) is 10.7. The number of anilines is 1. The number of ether oxygens (including phenoxy) is 1. The zero-order valence-electron chi connectivity index (χ0n) is 19.5. The van der Waals surface area contributed by atoms with Gasteiger partial charge in [0, 0.05) is 11.1 Å². The van der Waals surface area contributed by atoms with Crippen LogP contribution in [0.1, 0.15) is 5.56 Å². The predicted octanol–water partition coefficient (Wildman–Crippen LogP) is 5.10. The first-order valence-corrected chi connectivity index (χ1v) is 11.5. The van der Waals surface area contributed by atoms with Gasteiger partial charge in [-0.1, -0.05) is 66.7 Å². The minimum absolute atomic E-state index is 0.0718. The fourth-order valence-electron chi connectivity index (χ4n) is 3.74. The highest BCUT2D eigenvalue weighted by Gasteiger charge is 2.13. The van der Waals surface area contributed by atoms with Gasteiger partial charge < -0.3 is 10.1 Å². The largest absolute Gasteiger partial charge is 0.483 e. The molecule has 5 aromatic rings. The minimum Gasteiger partial charge on any atom is -0.483 e. The lowest BCUT2D eigenvalue weighted by atomic mass is 10.2. The third kappa shape index (κ3) is 5.28. The van der Waals surface area contributed by atoms with E-state index in [1.165, 1.54) is 29.1 Å². The van der Waals surface area contributed by atoms with E-state index in [4.69, 9.17) is 4.74 Å². The Kier molecular flexibility index (Phi) is 6.80. The number of halogens is 1. The van der Waals surface area contributed by atoms with Crippen LogP contribution in [0.4, 0.5) is 10.1 Å². The molecular formula is C29H21FN4O3. The van der Waals surface area contributed by atoms with Crippen molar-refractivity contribution in [2.75, 3.05) is 11.9 Å². The fourth-order valence-corrected chi connectivity index (χ4v) is 3.74. The summed E-state index contributed by atoms with van der Waals surface area (Å²) in [7, 11) is 0. The molecule has 0 saturated heterocycles. The van der Waals surface area contributed by atoms with Gasteiger partial charge in [0.05, 0.1) is 22.8 Å². The van der Waals surface area contributed by atoms with E-state index in [-0.39, 0.29) is 17.9 Å². The Morgan fingerprint density at radius 3 is 2.46 bits per heavy atom. The van der Waals surface area contributed by atoms with Crippen molar-refractivity contribution in [2.24, 2.45) is 5.10 Å². The molecule has 8 heteroatoms. The van der Waals surface area contributed by atoms with Gasteiger partial charge in [-0.25, -0.2) is 9.37 Å². The standard InChI is InChI=1S/C29H21FN4O3/c30-23-14-6-8-16-25(23)32-27(35)19-37-26-17-9-4-12-21(26)18-31-34-28(20-10-2-1-3-11-20)33-24-15-7-5-13-22(24)29(34)36/h1-18H,19H2,(H,32,35).